The van der Waals surface area contributed by atoms with Crippen LogP contribution in [0.1, 0.15) is 64.0 Å². The van der Waals surface area contributed by atoms with E-state index < -0.39 is 0 Å². The number of hydrogen-bond donors (Lipinski definition) is 3. The van der Waals surface area contributed by atoms with Gasteiger partial charge in [-0.05, 0) is 90.9 Å². The number of likely N-dealkylation sites (tertiary alicyclic amines) is 1. The van der Waals surface area contributed by atoms with E-state index in [0.29, 0.717) is 34.8 Å². The Morgan fingerprint density at radius 1 is 1.00 bits per heavy atom. The maximum Gasteiger partial charge on any atom is 0.251 e. The van der Waals surface area contributed by atoms with Gasteiger partial charge in [-0.2, -0.15) is 0 Å². The van der Waals surface area contributed by atoms with E-state index in [4.69, 9.17) is 23.8 Å². The van der Waals surface area contributed by atoms with E-state index in [9.17, 15) is 4.79 Å². The van der Waals surface area contributed by atoms with Gasteiger partial charge in [0.25, 0.3) is 5.91 Å². The number of aryl methyl sites for hydroxylation is 2. The lowest BCUT2D eigenvalue weighted by molar-refractivity contribution is 0.0941. The van der Waals surface area contributed by atoms with Crippen molar-refractivity contribution in [2.75, 3.05) is 19.6 Å². The van der Waals surface area contributed by atoms with Crippen molar-refractivity contribution in [2.45, 2.75) is 51.2 Å². The average molecular weight is 547 g/mol. The number of thiocarbonyl (C=S) groups is 1. The number of hydrogen-bond acceptors (Lipinski definition) is 3. The molecule has 2 aliphatic rings. The Kier molecular flexibility index (Phi) is 8.62. The molecule has 3 aromatic carbocycles. The Balaban J connectivity index is 1.21. The molecule has 0 spiro atoms. The van der Waals surface area contributed by atoms with E-state index in [-0.39, 0.29) is 11.9 Å². The highest BCUT2D eigenvalue weighted by molar-refractivity contribution is 7.80. The summed E-state index contributed by atoms with van der Waals surface area (Å²) in [7, 11) is 0. The van der Waals surface area contributed by atoms with Gasteiger partial charge in [0, 0.05) is 29.7 Å². The predicted molar refractivity (Wildman–Crippen MR) is 159 cm³/mol. The largest absolute Gasteiger partial charge is 0.359 e. The van der Waals surface area contributed by atoms with Gasteiger partial charge >= 0.3 is 0 Å². The summed E-state index contributed by atoms with van der Waals surface area (Å²) in [5.41, 5.74) is 6.67. The summed E-state index contributed by atoms with van der Waals surface area (Å²) in [4.78, 5) is 15.2. The topological polar surface area (TPSA) is 56.4 Å². The van der Waals surface area contributed by atoms with Crippen LogP contribution in [0, 0.1) is 0 Å². The molecule has 198 valence electrons. The minimum Gasteiger partial charge on any atom is -0.359 e. The molecule has 1 amide bonds. The zero-order chi connectivity index (χ0) is 26.5. The summed E-state index contributed by atoms with van der Waals surface area (Å²) < 4.78 is 0. The molecule has 3 N–H and O–H groups in total. The van der Waals surface area contributed by atoms with Gasteiger partial charge in [-0.15, -0.1) is 0 Å². The minimum absolute atomic E-state index is 0.0186. The zero-order valence-electron chi connectivity index (χ0n) is 21.8. The number of carbonyl (C=O) groups excluding carboxylic acids is 1. The van der Waals surface area contributed by atoms with Crippen molar-refractivity contribution in [3.05, 3.63) is 105 Å². The molecule has 0 aromatic heterocycles. The van der Waals surface area contributed by atoms with E-state index in [2.05, 4.69) is 76.3 Å². The second kappa shape index (κ2) is 12.3. The van der Waals surface area contributed by atoms with E-state index >= 15 is 0 Å². The van der Waals surface area contributed by atoms with E-state index in [1.807, 2.05) is 12.1 Å². The van der Waals surface area contributed by atoms with Gasteiger partial charge < -0.3 is 16.0 Å². The number of likely N-dealkylation sites (N-methyl/N-ethyl adjacent to an activating group) is 1. The third-order valence-electron chi connectivity index (χ3n) is 7.83. The highest BCUT2D eigenvalue weighted by Crippen LogP contribution is 2.32. The standard InChI is InChI=1S/C31H35ClN4OS/c1-2-36-17-7-10-25(36)20-33-30(37)23-15-16-24(28(32)18-23)19-34-31(38)35-29-26-11-5-3-8-21(26)13-14-22-9-4-6-12-27(22)29/h3-6,8-9,11-12,15-16,18,25,29H,2,7,10,13-14,17,19-20H2,1H3,(H,33,37)(H2,34,35,38). The molecule has 5 rings (SSSR count). The fourth-order valence-corrected chi connectivity index (χ4v) is 6.16. The lowest BCUT2D eigenvalue weighted by atomic mass is 9.95. The van der Waals surface area contributed by atoms with E-state index in [1.165, 1.54) is 28.7 Å². The van der Waals surface area contributed by atoms with Crippen molar-refractivity contribution >= 4 is 34.8 Å². The molecule has 1 aliphatic heterocycles. The number of carbonyl (C=O) groups is 1. The maximum absolute atomic E-state index is 12.7. The predicted octanol–water partition coefficient (Wildman–Crippen LogP) is 5.41. The summed E-state index contributed by atoms with van der Waals surface area (Å²) >= 11 is 12.3. The third kappa shape index (κ3) is 6.04. The molecule has 0 bridgehead atoms. The maximum atomic E-state index is 12.7. The lowest BCUT2D eigenvalue weighted by Crippen LogP contribution is -2.40. The molecule has 1 aliphatic carbocycles. The number of rotatable bonds is 7. The van der Waals surface area contributed by atoms with Crippen molar-refractivity contribution in [1.29, 1.82) is 0 Å². The number of nitrogens with zero attached hydrogens (tertiary/aromatic N) is 1. The van der Waals surface area contributed by atoms with Gasteiger partial charge in [0.15, 0.2) is 5.11 Å². The highest BCUT2D eigenvalue weighted by atomic mass is 35.5. The van der Waals surface area contributed by atoms with Crippen LogP contribution >= 0.6 is 23.8 Å². The molecule has 0 saturated carbocycles. The molecule has 1 atom stereocenters. The van der Waals surface area contributed by atoms with Crippen LogP contribution in [-0.2, 0) is 19.4 Å². The molecular formula is C31H35ClN4OS. The Morgan fingerprint density at radius 3 is 2.34 bits per heavy atom. The van der Waals surface area contributed by atoms with Crippen LogP contribution in [0.15, 0.2) is 66.7 Å². The molecular weight excluding hydrogens is 512 g/mol. The molecule has 0 radical (unpaired) electrons. The number of amides is 1. The summed E-state index contributed by atoms with van der Waals surface area (Å²) in [5.74, 6) is -0.0859. The number of halogens is 1. The first-order valence-corrected chi connectivity index (χ1v) is 14.3. The second-order valence-electron chi connectivity index (χ2n) is 10.1. The van der Waals surface area contributed by atoms with Crippen LogP contribution in [0.5, 0.6) is 0 Å². The first-order valence-electron chi connectivity index (χ1n) is 13.5. The molecule has 38 heavy (non-hydrogen) atoms. The molecule has 5 nitrogen and oxygen atoms in total. The third-order valence-corrected chi connectivity index (χ3v) is 8.44. The Morgan fingerprint density at radius 2 is 1.68 bits per heavy atom. The zero-order valence-corrected chi connectivity index (χ0v) is 23.4. The minimum atomic E-state index is -0.0859. The van der Waals surface area contributed by atoms with Crippen LogP contribution in [0.2, 0.25) is 5.02 Å². The molecule has 1 unspecified atom stereocenters. The summed E-state index contributed by atoms with van der Waals surface area (Å²) in [6.45, 7) is 5.44. The Labute approximate surface area is 236 Å². The van der Waals surface area contributed by atoms with Crippen LogP contribution in [0.25, 0.3) is 0 Å². The number of benzene rings is 3. The molecule has 1 fully saturated rings. The first kappa shape index (κ1) is 26.7. The number of nitrogens with one attached hydrogen (secondary N) is 3. The summed E-state index contributed by atoms with van der Waals surface area (Å²) in [5, 5.41) is 11.1. The van der Waals surface area contributed by atoms with Crippen molar-refractivity contribution in [2.24, 2.45) is 0 Å². The smallest absolute Gasteiger partial charge is 0.251 e. The Bertz CT molecular complexity index is 1270. The molecule has 1 heterocycles. The van der Waals surface area contributed by atoms with Crippen molar-refractivity contribution < 1.29 is 4.79 Å². The monoisotopic (exact) mass is 546 g/mol. The molecule has 3 aromatic rings. The Hall–Kier alpha value is -2.93. The van der Waals surface area contributed by atoms with Gasteiger partial charge in [0.1, 0.15) is 0 Å². The van der Waals surface area contributed by atoms with Gasteiger partial charge in [-0.25, -0.2) is 0 Å². The van der Waals surface area contributed by atoms with Gasteiger partial charge in [-0.1, -0.05) is 73.1 Å². The lowest BCUT2D eigenvalue weighted by Gasteiger charge is -2.24. The van der Waals surface area contributed by atoms with Crippen LogP contribution in [0.4, 0.5) is 0 Å². The van der Waals surface area contributed by atoms with E-state index in [0.717, 1.165) is 37.9 Å². The van der Waals surface area contributed by atoms with Crippen LogP contribution in [-0.4, -0.2) is 41.6 Å². The summed E-state index contributed by atoms with van der Waals surface area (Å²) in [6, 6.07) is 23.0. The van der Waals surface area contributed by atoms with Gasteiger partial charge in [-0.3, -0.25) is 9.69 Å². The summed E-state index contributed by atoms with van der Waals surface area (Å²) in [6.07, 6.45) is 4.35. The van der Waals surface area contributed by atoms with Crippen molar-refractivity contribution in [1.82, 2.24) is 20.9 Å². The van der Waals surface area contributed by atoms with Gasteiger partial charge in [0.2, 0.25) is 0 Å². The fraction of sp³-hybridized carbons (Fsp3) is 0.355. The van der Waals surface area contributed by atoms with Crippen molar-refractivity contribution in [3.8, 4) is 0 Å². The van der Waals surface area contributed by atoms with Crippen LogP contribution in [0.3, 0.4) is 0 Å². The average Bonchev–Trinajstić information content (AvgIpc) is 3.34. The van der Waals surface area contributed by atoms with E-state index in [1.54, 1.807) is 6.07 Å². The van der Waals surface area contributed by atoms with Crippen LogP contribution < -0.4 is 16.0 Å². The quantitative estimate of drug-likeness (QED) is 0.346. The second-order valence-corrected chi connectivity index (χ2v) is 10.9. The highest BCUT2D eigenvalue weighted by Gasteiger charge is 2.25. The fourth-order valence-electron chi connectivity index (χ4n) is 5.72. The molecule has 1 saturated heterocycles. The normalized spacial score (nSPS) is 17.3. The molecule has 7 heteroatoms. The number of fused-ring (bicyclic) bond motifs is 2. The van der Waals surface area contributed by atoms with Gasteiger partial charge in [0.05, 0.1) is 6.04 Å². The first-order chi connectivity index (χ1) is 18.5. The SMILES string of the molecule is CCN1CCCC1CNC(=O)c1ccc(CNC(=S)NC2c3ccccc3CCc3ccccc32)c(Cl)c1. The van der Waals surface area contributed by atoms with Crippen molar-refractivity contribution in [3.63, 3.8) is 0 Å².